The van der Waals surface area contributed by atoms with E-state index in [1.807, 2.05) is 12.1 Å². The predicted molar refractivity (Wildman–Crippen MR) is 91.5 cm³/mol. The Morgan fingerprint density at radius 3 is 2.59 bits per heavy atom. The lowest BCUT2D eigenvalue weighted by atomic mass is 9.79. The van der Waals surface area contributed by atoms with Crippen molar-refractivity contribution in [2.45, 2.75) is 83.5 Å². The molecule has 0 spiro atoms. The van der Waals surface area contributed by atoms with Crippen LogP contribution in [0.3, 0.4) is 0 Å². The van der Waals surface area contributed by atoms with E-state index < -0.39 is 0 Å². The number of phenolic OH excluding ortho intramolecular Hbond substituents is 1. The molecule has 0 aliphatic heterocycles. The molecule has 0 saturated heterocycles. The van der Waals surface area contributed by atoms with Gasteiger partial charge < -0.3 is 5.11 Å². The van der Waals surface area contributed by atoms with Crippen molar-refractivity contribution in [3.05, 3.63) is 29.3 Å². The number of ketones is 1. The first-order valence-corrected chi connectivity index (χ1v) is 8.79. The first kappa shape index (κ1) is 17.1. The molecule has 2 rings (SSSR count). The Balaban J connectivity index is 2.06. The lowest BCUT2D eigenvalue weighted by Gasteiger charge is -2.26. The van der Waals surface area contributed by atoms with Crippen LogP contribution in [0, 0.1) is 0 Å². The number of hydrogen-bond donors (Lipinski definition) is 1. The van der Waals surface area contributed by atoms with Gasteiger partial charge in [-0.3, -0.25) is 4.79 Å². The van der Waals surface area contributed by atoms with Crippen LogP contribution < -0.4 is 0 Å². The monoisotopic (exact) mass is 302 g/mol. The van der Waals surface area contributed by atoms with Crippen LogP contribution in [0.5, 0.6) is 5.75 Å². The number of aromatic hydroxyl groups is 1. The summed E-state index contributed by atoms with van der Waals surface area (Å²) < 4.78 is 0. The van der Waals surface area contributed by atoms with Gasteiger partial charge in [0.15, 0.2) is 0 Å². The van der Waals surface area contributed by atoms with E-state index in [-0.39, 0.29) is 11.3 Å². The van der Waals surface area contributed by atoms with Gasteiger partial charge in [0.25, 0.3) is 0 Å². The van der Waals surface area contributed by atoms with Gasteiger partial charge in [-0.1, -0.05) is 58.6 Å². The van der Waals surface area contributed by atoms with Gasteiger partial charge in [-0.25, -0.2) is 0 Å². The van der Waals surface area contributed by atoms with E-state index in [1.165, 1.54) is 31.2 Å². The smallest absolute Gasteiger partial charge is 0.133 e. The van der Waals surface area contributed by atoms with Crippen molar-refractivity contribution < 1.29 is 9.90 Å². The average Bonchev–Trinajstić information content (AvgIpc) is 2.90. The maximum Gasteiger partial charge on any atom is 0.133 e. The van der Waals surface area contributed by atoms with Gasteiger partial charge in [0, 0.05) is 12.8 Å². The highest BCUT2D eigenvalue weighted by Crippen LogP contribution is 2.39. The second-order valence-corrected chi connectivity index (χ2v) is 7.45. The van der Waals surface area contributed by atoms with E-state index in [2.05, 4.69) is 26.8 Å². The lowest BCUT2D eigenvalue weighted by molar-refractivity contribution is -0.117. The van der Waals surface area contributed by atoms with Crippen molar-refractivity contribution in [2.24, 2.45) is 0 Å². The first-order valence-electron chi connectivity index (χ1n) is 8.79. The summed E-state index contributed by atoms with van der Waals surface area (Å²) in [7, 11) is 0. The summed E-state index contributed by atoms with van der Waals surface area (Å²) in [6.45, 7) is 6.74. The molecule has 22 heavy (non-hydrogen) atoms. The SMILES string of the molecule is CCCCCCC(C)(C)c1ccc(C2CCC(=O)C2)c(O)c1. The number of carbonyl (C=O) groups excluding carboxylic acids is 1. The molecule has 0 heterocycles. The summed E-state index contributed by atoms with van der Waals surface area (Å²) >= 11 is 0. The highest BCUT2D eigenvalue weighted by molar-refractivity contribution is 5.81. The number of hydrogen-bond acceptors (Lipinski definition) is 2. The first-order chi connectivity index (χ1) is 10.4. The van der Waals surface area contributed by atoms with Gasteiger partial charge in [-0.2, -0.15) is 0 Å². The zero-order valence-corrected chi connectivity index (χ0v) is 14.3. The molecular weight excluding hydrogens is 272 g/mol. The molecule has 0 radical (unpaired) electrons. The molecule has 0 bridgehead atoms. The molecule has 0 amide bonds. The molecule has 2 heteroatoms. The van der Waals surface area contributed by atoms with Crippen LogP contribution >= 0.6 is 0 Å². The van der Waals surface area contributed by atoms with Crippen LogP contribution in [0.15, 0.2) is 18.2 Å². The molecule has 0 aromatic heterocycles. The standard InChI is InChI=1S/C20H30O2/c1-4-5-6-7-12-20(2,3)16-9-11-18(19(22)14-16)15-8-10-17(21)13-15/h9,11,14-15,22H,4-8,10,12-13H2,1-3H3. The minimum Gasteiger partial charge on any atom is -0.508 e. The fraction of sp³-hybridized carbons (Fsp3) is 0.650. The zero-order valence-electron chi connectivity index (χ0n) is 14.3. The topological polar surface area (TPSA) is 37.3 Å². The maximum atomic E-state index is 11.5. The molecule has 1 aliphatic rings. The molecule has 1 atom stereocenters. The van der Waals surface area contributed by atoms with Crippen LogP contribution in [-0.4, -0.2) is 10.9 Å². The molecule has 1 aromatic rings. The van der Waals surface area contributed by atoms with Crippen LogP contribution in [-0.2, 0) is 10.2 Å². The minimum absolute atomic E-state index is 0.0925. The summed E-state index contributed by atoms with van der Waals surface area (Å²) in [5, 5.41) is 10.4. The molecule has 1 aliphatic carbocycles. The van der Waals surface area contributed by atoms with Gasteiger partial charge in [0.2, 0.25) is 0 Å². The minimum atomic E-state index is 0.0925. The molecule has 1 fully saturated rings. The number of phenols is 1. The molecule has 1 saturated carbocycles. The summed E-state index contributed by atoms with van der Waals surface area (Å²) in [5.74, 6) is 0.915. The van der Waals surface area contributed by atoms with Crippen molar-refractivity contribution in [3.8, 4) is 5.75 Å². The van der Waals surface area contributed by atoms with Crippen molar-refractivity contribution in [3.63, 3.8) is 0 Å². The second-order valence-electron chi connectivity index (χ2n) is 7.45. The Kier molecular flexibility index (Phi) is 5.66. The maximum absolute atomic E-state index is 11.5. The van der Waals surface area contributed by atoms with Crippen LogP contribution in [0.1, 0.15) is 89.2 Å². The number of benzene rings is 1. The molecular formula is C20H30O2. The largest absolute Gasteiger partial charge is 0.508 e. The van der Waals surface area contributed by atoms with E-state index in [1.54, 1.807) is 0 Å². The zero-order chi connectivity index (χ0) is 16.2. The van der Waals surface area contributed by atoms with Crippen molar-refractivity contribution in [1.29, 1.82) is 0 Å². The number of rotatable bonds is 7. The predicted octanol–water partition coefficient (Wildman–Crippen LogP) is 5.48. The molecule has 2 nitrogen and oxygen atoms in total. The third-order valence-corrected chi connectivity index (χ3v) is 5.15. The van der Waals surface area contributed by atoms with Crippen LogP contribution in [0.25, 0.3) is 0 Å². The fourth-order valence-corrected chi connectivity index (χ4v) is 3.53. The van der Waals surface area contributed by atoms with Gasteiger partial charge >= 0.3 is 0 Å². The summed E-state index contributed by atoms with van der Waals surface area (Å²) in [5.41, 5.74) is 2.25. The van der Waals surface area contributed by atoms with Crippen molar-refractivity contribution in [2.75, 3.05) is 0 Å². The second kappa shape index (κ2) is 7.30. The Hall–Kier alpha value is -1.31. The van der Waals surface area contributed by atoms with Gasteiger partial charge in [0.1, 0.15) is 11.5 Å². The van der Waals surface area contributed by atoms with E-state index in [0.717, 1.165) is 18.4 Å². The summed E-state index contributed by atoms with van der Waals surface area (Å²) in [4.78, 5) is 11.5. The van der Waals surface area contributed by atoms with E-state index in [0.29, 0.717) is 24.4 Å². The van der Waals surface area contributed by atoms with Gasteiger partial charge in [-0.15, -0.1) is 0 Å². The van der Waals surface area contributed by atoms with Gasteiger partial charge in [-0.05, 0) is 41.4 Å². The lowest BCUT2D eigenvalue weighted by Crippen LogP contribution is -2.17. The molecule has 1 unspecified atom stereocenters. The Morgan fingerprint density at radius 2 is 2.00 bits per heavy atom. The number of unbranched alkanes of at least 4 members (excludes halogenated alkanes) is 3. The third kappa shape index (κ3) is 4.12. The molecule has 122 valence electrons. The quantitative estimate of drug-likeness (QED) is 0.677. The Bertz CT molecular complexity index is 516. The summed E-state index contributed by atoms with van der Waals surface area (Å²) in [6.07, 6.45) is 8.36. The van der Waals surface area contributed by atoms with E-state index in [4.69, 9.17) is 0 Å². The fourth-order valence-electron chi connectivity index (χ4n) is 3.53. The molecule has 1 N–H and O–H groups in total. The highest BCUT2D eigenvalue weighted by Gasteiger charge is 2.27. The van der Waals surface area contributed by atoms with Gasteiger partial charge in [0.05, 0.1) is 0 Å². The average molecular weight is 302 g/mol. The van der Waals surface area contributed by atoms with Crippen LogP contribution in [0.2, 0.25) is 0 Å². The third-order valence-electron chi connectivity index (χ3n) is 5.15. The van der Waals surface area contributed by atoms with E-state index >= 15 is 0 Å². The van der Waals surface area contributed by atoms with Crippen molar-refractivity contribution in [1.82, 2.24) is 0 Å². The highest BCUT2D eigenvalue weighted by atomic mass is 16.3. The molecule has 1 aromatic carbocycles. The Labute approximate surface area is 134 Å². The number of Topliss-reactive ketones (excluding diaryl/α,β-unsaturated/α-hetero) is 1. The normalized spacial score (nSPS) is 18.9. The van der Waals surface area contributed by atoms with Crippen molar-refractivity contribution >= 4 is 5.78 Å². The van der Waals surface area contributed by atoms with E-state index in [9.17, 15) is 9.90 Å². The number of carbonyl (C=O) groups is 1. The van der Waals surface area contributed by atoms with Crippen LogP contribution in [0.4, 0.5) is 0 Å². The summed E-state index contributed by atoms with van der Waals surface area (Å²) in [6, 6.07) is 6.12. The Morgan fingerprint density at radius 1 is 1.23 bits per heavy atom.